The second kappa shape index (κ2) is 7.52. The molecule has 0 spiro atoms. The number of aliphatic hydroxyl groups is 1. The van der Waals surface area contributed by atoms with Gasteiger partial charge in [-0.2, -0.15) is 0 Å². The molecule has 2 atom stereocenters. The normalized spacial score (nSPS) is 21.4. The summed E-state index contributed by atoms with van der Waals surface area (Å²) < 4.78 is 0. The van der Waals surface area contributed by atoms with E-state index in [0.29, 0.717) is 12.5 Å². The molecule has 1 saturated heterocycles. The van der Waals surface area contributed by atoms with Gasteiger partial charge in [-0.25, -0.2) is 9.97 Å². The van der Waals surface area contributed by atoms with Crippen LogP contribution in [0.1, 0.15) is 12.0 Å². The van der Waals surface area contributed by atoms with Gasteiger partial charge in [-0.15, -0.1) is 0 Å². The number of hydrogen-bond acceptors (Lipinski definition) is 6. The van der Waals surface area contributed by atoms with Gasteiger partial charge in [0.15, 0.2) is 0 Å². The zero-order valence-corrected chi connectivity index (χ0v) is 14.2. The number of anilines is 1. The minimum atomic E-state index is -0.119. The molecule has 1 aromatic rings. The SMILES string of the molecule is CN(C)c1ncc(C=CC(=O)N2C[C@H](N(C)C)C[C@H]2CO)cn1. The highest BCUT2D eigenvalue weighted by Crippen LogP contribution is 2.21. The van der Waals surface area contributed by atoms with Crippen LogP contribution in [0.25, 0.3) is 6.08 Å². The Bertz CT molecular complexity index is 556. The number of likely N-dealkylation sites (tertiary alicyclic amines) is 1. The largest absolute Gasteiger partial charge is 0.394 e. The fraction of sp³-hybridized carbons (Fsp3) is 0.562. The lowest BCUT2D eigenvalue weighted by Gasteiger charge is -2.21. The van der Waals surface area contributed by atoms with Gasteiger partial charge < -0.3 is 19.8 Å². The molecular weight excluding hydrogens is 294 g/mol. The van der Waals surface area contributed by atoms with Crippen molar-refractivity contribution >= 4 is 17.9 Å². The Morgan fingerprint density at radius 2 is 2.00 bits per heavy atom. The third kappa shape index (κ3) is 4.27. The van der Waals surface area contributed by atoms with E-state index in [4.69, 9.17) is 0 Å². The second-order valence-electron chi connectivity index (χ2n) is 6.22. The quantitative estimate of drug-likeness (QED) is 0.775. The Hall–Kier alpha value is -1.99. The average Bonchev–Trinajstić information content (AvgIpc) is 2.97. The highest BCUT2D eigenvalue weighted by molar-refractivity contribution is 5.92. The van der Waals surface area contributed by atoms with E-state index in [2.05, 4.69) is 14.9 Å². The highest BCUT2D eigenvalue weighted by atomic mass is 16.3. The van der Waals surface area contributed by atoms with Crippen LogP contribution in [0.4, 0.5) is 5.95 Å². The second-order valence-corrected chi connectivity index (χ2v) is 6.22. The molecule has 1 aromatic heterocycles. The number of carbonyl (C=O) groups excluding carboxylic acids is 1. The van der Waals surface area contributed by atoms with Crippen LogP contribution in [0.2, 0.25) is 0 Å². The van der Waals surface area contributed by atoms with Gasteiger partial charge in [0.05, 0.1) is 12.6 Å². The molecule has 0 unspecified atom stereocenters. The van der Waals surface area contributed by atoms with Gasteiger partial charge in [0.1, 0.15) is 0 Å². The Morgan fingerprint density at radius 3 is 2.52 bits per heavy atom. The first-order valence-electron chi connectivity index (χ1n) is 7.67. The maximum atomic E-state index is 12.4. The van der Waals surface area contributed by atoms with Crippen LogP contribution in [0.5, 0.6) is 0 Å². The average molecular weight is 319 g/mol. The number of amides is 1. The monoisotopic (exact) mass is 319 g/mol. The van der Waals surface area contributed by atoms with Gasteiger partial charge in [0.25, 0.3) is 0 Å². The molecule has 0 bridgehead atoms. The topological polar surface area (TPSA) is 72.8 Å². The van der Waals surface area contributed by atoms with E-state index >= 15 is 0 Å². The fourth-order valence-electron chi connectivity index (χ4n) is 2.62. The lowest BCUT2D eigenvalue weighted by Crippen LogP contribution is -2.37. The molecule has 23 heavy (non-hydrogen) atoms. The smallest absolute Gasteiger partial charge is 0.246 e. The Labute approximate surface area is 137 Å². The predicted octanol–water partition coefficient (Wildman–Crippen LogP) is 0.0792. The van der Waals surface area contributed by atoms with Crippen LogP contribution in [0.15, 0.2) is 18.5 Å². The summed E-state index contributed by atoms with van der Waals surface area (Å²) in [4.78, 5) is 26.5. The van der Waals surface area contributed by atoms with Crippen molar-refractivity contribution in [2.24, 2.45) is 0 Å². The van der Waals surface area contributed by atoms with Crippen molar-refractivity contribution in [1.82, 2.24) is 19.8 Å². The van der Waals surface area contributed by atoms with E-state index < -0.39 is 0 Å². The third-order valence-electron chi connectivity index (χ3n) is 4.09. The fourth-order valence-corrected chi connectivity index (χ4v) is 2.62. The zero-order valence-electron chi connectivity index (χ0n) is 14.2. The molecule has 7 heteroatoms. The van der Waals surface area contributed by atoms with Crippen molar-refractivity contribution < 1.29 is 9.90 Å². The van der Waals surface area contributed by atoms with E-state index in [1.807, 2.05) is 33.1 Å². The van der Waals surface area contributed by atoms with Crippen molar-refractivity contribution in [2.45, 2.75) is 18.5 Å². The van der Waals surface area contributed by atoms with Crippen molar-refractivity contribution in [1.29, 1.82) is 0 Å². The summed E-state index contributed by atoms with van der Waals surface area (Å²) in [6.07, 6.45) is 7.39. The molecule has 7 nitrogen and oxygen atoms in total. The first-order valence-corrected chi connectivity index (χ1v) is 7.67. The van der Waals surface area contributed by atoms with Crippen LogP contribution < -0.4 is 4.90 Å². The zero-order chi connectivity index (χ0) is 17.0. The molecule has 0 aliphatic carbocycles. The number of carbonyl (C=O) groups is 1. The maximum Gasteiger partial charge on any atom is 0.246 e. The third-order valence-corrected chi connectivity index (χ3v) is 4.09. The Balaban J connectivity index is 2.02. The summed E-state index contributed by atoms with van der Waals surface area (Å²) in [5.74, 6) is 0.535. The van der Waals surface area contributed by atoms with Gasteiger partial charge in [-0.05, 0) is 26.6 Å². The van der Waals surface area contributed by atoms with E-state index in [0.717, 1.165) is 12.0 Å². The molecule has 0 saturated carbocycles. The van der Waals surface area contributed by atoms with Gasteiger partial charge in [-0.3, -0.25) is 4.79 Å². The standard InChI is InChI=1S/C16H25N5O2/c1-19(2)13-7-14(11-22)21(10-13)15(23)6-5-12-8-17-16(18-9-12)20(3)4/h5-6,8-9,13-14,22H,7,10-11H2,1-4H3/t13-,14+/m1/s1. The molecule has 1 aliphatic heterocycles. The van der Waals surface area contributed by atoms with Gasteiger partial charge in [0, 0.05) is 50.7 Å². The lowest BCUT2D eigenvalue weighted by atomic mass is 10.1. The number of likely N-dealkylation sites (N-methyl/N-ethyl adjacent to an activating group) is 1. The van der Waals surface area contributed by atoms with Crippen LogP contribution in [0.3, 0.4) is 0 Å². The minimum Gasteiger partial charge on any atom is -0.394 e. The number of hydrogen-bond donors (Lipinski definition) is 1. The van der Waals surface area contributed by atoms with Crippen LogP contribution in [0, 0.1) is 0 Å². The van der Waals surface area contributed by atoms with E-state index in [-0.39, 0.29) is 24.6 Å². The summed E-state index contributed by atoms with van der Waals surface area (Å²) in [6.45, 7) is 0.627. The summed E-state index contributed by atoms with van der Waals surface area (Å²) in [5.41, 5.74) is 0.771. The number of aromatic nitrogens is 2. The van der Waals surface area contributed by atoms with E-state index in [1.165, 1.54) is 6.08 Å². The molecule has 126 valence electrons. The molecule has 1 N–H and O–H groups in total. The van der Waals surface area contributed by atoms with Crippen LogP contribution in [-0.4, -0.2) is 84.2 Å². The number of aliphatic hydroxyl groups excluding tert-OH is 1. The molecule has 1 fully saturated rings. The summed E-state index contributed by atoms with van der Waals surface area (Å²) in [5, 5.41) is 9.49. The minimum absolute atomic E-state index is 0.00936. The maximum absolute atomic E-state index is 12.4. The Morgan fingerprint density at radius 1 is 1.35 bits per heavy atom. The summed E-state index contributed by atoms with van der Waals surface area (Å²) in [6, 6.07) is 0.166. The van der Waals surface area contributed by atoms with Crippen LogP contribution >= 0.6 is 0 Å². The highest BCUT2D eigenvalue weighted by Gasteiger charge is 2.34. The van der Waals surface area contributed by atoms with E-state index in [1.54, 1.807) is 23.4 Å². The Kier molecular flexibility index (Phi) is 5.68. The van der Waals surface area contributed by atoms with Gasteiger partial charge >= 0.3 is 0 Å². The van der Waals surface area contributed by atoms with Gasteiger partial charge in [-0.1, -0.05) is 0 Å². The predicted molar refractivity (Wildman–Crippen MR) is 90.1 cm³/mol. The molecule has 0 radical (unpaired) electrons. The van der Waals surface area contributed by atoms with Crippen molar-refractivity contribution in [2.75, 3.05) is 46.2 Å². The van der Waals surface area contributed by atoms with Crippen molar-refractivity contribution in [3.05, 3.63) is 24.0 Å². The molecule has 2 rings (SSSR count). The molecule has 2 heterocycles. The summed E-state index contributed by atoms with van der Waals surface area (Å²) in [7, 11) is 7.73. The first kappa shape index (κ1) is 17.4. The molecule has 0 aromatic carbocycles. The molecule has 1 aliphatic rings. The number of rotatable bonds is 5. The number of nitrogens with zero attached hydrogens (tertiary/aromatic N) is 5. The lowest BCUT2D eigenvalue weighted by molar-refractivity contribution is -0.127. The van der Waals surface area contributed by atoms with Crippen LogP contribution in [-0.2, 0) is 4.79 Å². The first-order chi connectivity index (χ1) is 10.9. The van der Waals surface area contributed by atoms with E-state index in [9.17, 15) is 9.90 Å². The van der Waals surface area contributed by atoms with Crippen molar-refractivity contribution in [3.63, 3.8) is 0 Å². The van der Waals surface area contributed by atoms with Gasteiger partial charge in [0.2, 0.25) is 11.9 Å². The van der Waals surface area contributed by atoms with Crippen molar-refractivity contribution in [3.8, 4) is 0 Å². The molecule has 1 amide bonds. The molecular formula is C16H25N5O2. The summed E-state index contributed by atoms with van der Waals surface area (Å²) >= 11 is 0.